The fourth-order valence-corrected chi connectivity index (χ4v) is 4.40. The molecule has 0 aliphatic carbocycles. The molecule has 0 bridgehead atoms. The highest BCUT2D eigenvalue weighted by molar-refractivity contribution is 6.10. The number of para-hydroxylation sites is 1. The zero-order valence-electron chi connectivity index (χ0n) is 16.6. The van der Waals surface area contributed by atoms with Gasteiger partial charge in [0.15, 0.2) is 0 Å². The molecule has 2 aromatic carbocycles. The molecule has 5 nitrogen and oxygen atoms in total. The average molecular weight is 377 g/mol. The van der Waals surface area contributed by atoms with Gasteiger partial charge in [0.1, 0.15) is 6.04 Å². The molecule has 0 spiro atoms. The zero-order chi connectivity index (χ0) is 19.7. The minimum absolute atomic E-state index is 0.0568. The van der Waals surface area contributed by atoms with Crippen LogP contribution < -0.4 is 5.32 Å². The molecule has 4 rings (SSSR count). The molecule has 1 saturated heterocycles. The highest BCUT2D eigenvalue weighted by Gasteiger charge is 2.31. The quantitative estimate of drug-likeness (QED) is 0.725. The Morgan fingerprint density at radius 3 is 2.61 bits per heavy atom. The number of rotatable bonds is 4. The molecule has 1 aromatic heterocycles. The van der Waals surface area contributed by atoms with Crippen LogP contribution in [0.4, 0.5) is 5.69 Å². The number of hydrogen-bond donors (Lipinski definition) is 1. The van der Waals surface area contributed by atoms with Gasteiger partial charge in [-0.2, -0.15) is 0 Å². The molecule has 28 heavy (non-hydrogen) atoms. The second-order valence-electron chi connectivity index (χ2n) is 7.43. The van der Waals surface area contributed by atoms with Crippen LogP contribution in [-0.4, -0.2) is 33.9 Å². The van der Waals surface area contributed by atoms with Crippen LogP contribution in [0.15, 0.2) is 42.5 Å². The van der Waals surface area contributed by atoms with Gasteiger partial charge in [-0.15, -0.1) is 0 Å². The monoisotopic (exact) mass is 377 g/mol. The average Bonchev–Trinajstić information content (AvgIpc) is 3.06. The third-order valence-corrected chi connectivity index (χ3v) is 5.78. The molecule has 0 radical (unpaired) electrons. The summed E-state index contributed by atoms with van der Waals surface area (Å²) in [5.41, 5.74) is 3.16. The standard InChI is InChI=1S/C23H27N3O2/c1-3-22(27)26-14-8-7-11-21(26)23(28)24-16-12-13-20-18(15-16)17-9-5-6-10-19(17)25(20)4-2/h5-6,9-10,12-13,15,21H,3-4,7-8,11,14H2,1-2H3,(H,24,28). The second-order valence-corrected chi connectivity index (χ2v) is 7.43. The lowest BCUT2D eigenvalue weighted by molar-refractivity contribution is -0.140. The van der Waals surface area contributed by atoms with Crippen LogP contribution in [0, 0.1) is 0 Å². The SMILES string of the molecule is CCC(=O)N1CCCCC1C(=O)Nc1ccc2c(c1)c1ccccc1n2CC. The number of anilines is 1. The Morgan fingerprint density at radius 1 is 1.04 bits per heavy atom. The Morgan fingerprint density at radius 2 is 1.82 bits per heavy atom. The van der Waals surface area contributed by atoms with Gasteiger partial charge in [-0.25, -0.2) is 0 Å². The van der Waals surface area contributed by atoms with Gasteiger partial charge in [0, 0.05) is 47.0 Å². The van der Waals surface area contributed by atoms with Crippen molar-refractivity contribution in [1.82, 2.24) is 9.47 Å². The third-order valence-electron chi connectivity index (χ3n) is 5.78. The van der Waals surface area contributed by atoms with Crippen LogP contribution in [0.2, 0.25) is 0 Å². The van der Waals surface area contributed by atoms with Crippen LogP contribution in [0.3, 0.4) is 0 Å². The summed E-state index contributed by atoms with van der Waals surface area (Å²) in [5, 5.41) is 5.39. The molecule has 1 aliphatic heterocycles. The van der Waals surface area contributed by atoms with Crippen LogP contribution in [0.25, 0.3) is 21.8 Å². The molecule has 2 amide bonds. The predicted molar refractivity (Wildman–Crippen MR) is 113 cm³/mol. The van der Waals surface area contributed by atoms with Crippen molar-refractivity contribution in [1.29, 1.82) is 0 Å². The molecule has 1 aliphatic rings. The highest BCUT2D eigenvalue weighted by Crippen LogP contribution is 2.31. The fourth-order valence-electron chi connectivity index (χ4n) is 4.40. The predicted octanol–water partition coefficient (Wildman–Crippen LogP) is 4.54. The van der Waals surface area contributed by atoms with Crippen molar-refractivity contribution >= 4 is 39.3 Å². The maximum Gasteiger partial charge on any atom is 0.247 e. The number of likely N-dealkylation sites (tertiary alicyclic amines) is 1. The Balaban J connectivity index is 1.65. The molecular formula is C23H27N3O2. The van der Waals surface area contributed by atoms with E-state index in [1.807, 2.05) is 19.1 Å². The van der Waals surface area contributed by atoms with Crippen molar-refractivity contribution in [3.05, 3.63) is 42.5 Å². The van der Waals surface area contributed by atoms with Gasteiger partial charge < -0.3 is 14.8 Å². The number of carbonyl (C=O) groups excluding carboxylic acids is 2. The van der Waals surface area contributed by atoms with Crippen molar-refractivity contribution in [3.8, 4) is 0 Å². The molecule has 1 fully saturated rings. The number of fused-ring (bicyclic) bond motifs is 3. The largest absolute Gasteiger partial charge is 0.341 e. The molecule has 3 aromatic rings. The first-order valence-corrected chi connectivity index (χ1v) is 10.2. The van der Waals surface area contributed by atoms with Gasteiger partial charge >= 0.3 is 0 Å². The summed E-state index contributed by atoms with van der Waals surface area (Å²) in [4.78, 5) is 26.9. The number of carbonyl (C=O) groups is 2. The zero-order valence-corrected chi connectivity index (χ0v) is 16.6. The Labute approximate surface area is 165 Å². The first-order chi connectivity index (χ1) is 13.6. The minimum atomic E-state index is -0.367. The van der Waals surface area contributed by atoms with Gasteiger partial charge in [0.25, 0.3) is 0 Å². The van der Waals surface area contributed by atoms with Gasteiger partial charge in [0.2, 0.25) is 11.8 Å². The number of aromatic nitrogens is 1. The van der Waals surface area contributed by atoms with Crippen molar-refractivity contribution in [2.75, 3.05) is 11.9 Å². The van der Waals surface area contributed by atoms with Crippen LogP contribution in [0.1, 0.15) is 39.5 Å². The first-order valence-electron chi connectivity index (χ1n) is 10.2. The summed E-state index contributed by atoms with van der Waals surface area (Å²) in [6.07, 6.45) is 3.12. The number of nitrogens with one attached hydrogen (secondary N) is 1. The van der Waals surface area contributed by atoms with Crippen LogP contribution >= 0.6 is 0 Å². The number of nitrogens with zero attached hydrogens (tertiary/aromatic N) is 2. The Bertz CT molecular complexity index is 1040. The van der Waals surface area contributed by atoms with Crippen LogP contribution in [-0.2, 0) is 16.1 Å². The highest BCUT2D eigenvalue weighted by atomic mass is 16.2. The van der Waals surface area contributed by atoms with E-state index >= 15 is 0 Å². The van der Waals surface area contributed by atoms with E-state index in [-0.39, 0.29) is 17.9 Å². The summed E-state index contributed by atoms with van der Waals surface area (Å²) in [5.74, 6) is -0.0265. The van der Waals surface area contributed by atoms with Crippen LogP contribution in [0.5, 0.6) is 0 Å². The maximum absolute atomic E-state index is 12.9. The van der Waals surface area contributed by atoms with Gasteiger partial charge in [-0.1, -0.05) is 25.1 Å². The van der Waals surface area contributed by atoms with E-state index in [2.05, 4.69) is 47.1 Å². The summed E-state index contributed by atoms with van der Waals surface area (Å²) in [6.45, 7) is 5.56. The Kier molecular flexibility index (Phi) is 5.07. The molecule has 146 valence electrons. The summed E-state index contributed by atoms with van der Waals surface area (Å²) in [7, 11) is 0. The molecule has 1 unspecified atom stereocenters. The van der Waals surface area contributed by atoms with Crippen molar-refractivity contribution in [2.24, 2.45) is 0 Å². The summed E-state index contributed by atoms with van der Waals surface area (Å²) in [6, 6.07) is 14.1. The van der Waals surface area contributed by atoms with E-state index in [0.29, 0.717) is 13.0 Å². The van der Waals surface area contributed by atoms with Gasteiger partial charge in [-0.3, -0.25) is 9.59 Å². The minimum Gasteiger partial charge on any atom is -0.341 e. The van der Waals surface area contributed by atoms with Crippen molar-refractivity contribution in [3.63, 3.8) is 0 Å². The number of benzene rings is 2. The van der Waals surface area contributed by atoms with Crippen molar-refractivity contribution in [2.45, 2.75) is 52.1 Å². The van der Waals surface area contributed by atoms with E-state index in [1.165, 1.54) is 16.4 Å². The number of amides is 2. The van der Waals surface area contributed by atoms with E-state index < -0.39 is 0 Å². The van der Waals surface area contributed by atoms with E-state index in [4.69, 9.17) is 0 Å². The molecule has 1 atom stereocenters. The first kappa shape index (κ1) is 18.5. The topological polar surface area (TPSA) is 54.3 Å². The molecule has 1 N–H and O–H groups in total. The summed E-state index contributed by atoms with van der Waals surface area (Å²) >= 11 is 0. The molecule has 0 saturated carbocycles. The molecule has 5 heteroatoms. The number of piperidine rings is 1. The number of hydrogen-bond acceptors (Lipinski definition) is 2. The normalized spacial score (nSPS) is 17.2. The lowest BCUT2D eigenvalue weighted by atomic mass is 10.0. The lowest BCUT2D eigenvalue weighted by Crippen LogP contribution is -2.49. The van der Waals surface area contributed by atoms with Gasteiger partial charge in [0.05, 0.1) is 0 Å². The third kappa shape index (κ3) is 3.15. The molecule has 2 heterocycles. The molecular weight excluding hydrogens is 350 g/mol. The number of aryl methyl sites for hydroxylation is 1. The Hall–Kier alpha value is -2.82. The fraction of sp³-hybridized carbons (Fsp3) is 0.391. The van der Waals surface area contributed by atoms with E-state index in [9.17, 15) is 9.59 Å². The van der Waals surface area contributed by atoms with Gasteiger partial charge in [-0.05, 0) is 50.5 Å². The maximum atomic E-state index is 12.9. The smallest absolute Gasteiger partial charge is 0.247 e. The van der Waals surface area contributed by atoms with E-state index in [0.717, 1.165) is 36.9 Å². The summed E-state index contributed by atoms with van der Waals surface area (Å²) < 4.78 is 2.29. The van der Waals surface area contributed by atoms with E-state index in [1.54, 1.807) is 4.90 Å². The second kappa shape index (κ2) is 7.66. The lowest BCUT2D eigenvalue weighted by Gasteiger charge is -2.34. The van der Waals surface area contributed by atoms with Crippen molar-refractivity contribution < 1.29 is 9.59 Å².